The summed E-state index contributed by atoms with van der Waals surface area (Å²) in [5, 5.41) is 0. The van der Waals surface area contributed by atoms with Crippen molar-refractivity contribution in [1.82, 2.24) is 0 Å². The molecule has 0 aliphatic heterocycles. The van der Waals surface area contributed by atoms with E-state index >= 15 is 0 Å². The highest BCUT2D eigenvalue weighted by atomic mass is 32.2. The first-order chi connectivity index (χ1) is 8.08. The molecular formula is C13H18O3S. The van der Waals surface area contributed by atoms with Gasteiger partial charge in [0.25, 0.3) is 10.1 Å². The second-order valence-corrected chi connectivity index (χ2v) is 6.44. The third-order valence-corrected chi connectivity index (χ3v) is 4.59. The maximum absolute atomic E-state index is 11.8. The minimum Gasteiger partial charge on any atom is -0.266 e. The van der Waals surface area contributed by atoms with Crippen LogP contribution in [0.3, 0.4) is 0 Å². The van der Waals surface area contributed by atoms with E-state index < -0.39 is 10.1 Å². The Morgan fingerprint density at radius 3 is 2.47 bits per heavy atom. The van der Waals surface area contributed by atoms with Crippen LogP contribution in [0.1, 0.15) is 26.2 Å². The quantitative estimate of drug-likeness (QED) is 0.759. The molecule has 1 aromatic rings. The largest absolute Gasteiger partial charge is 0.296 e. The van der Waals surface area contributed by atoms with Gasteiger partial charge in [-0.25, -0.2) is 0 Å². The molecule has 94 valence electrons. The highest BCUT2D eigenvalue weighted by Crippen LogP contribution is 2.35. The molecule has 0 radical (unpaired) electrons. The summed E-state index contributed by atoms with van der Waals surface area (Å²) < 4.78 is 28.6. The molecule has 0 unspecified atom stereocenters. The Morgan fingerprint density at radius 2 is 1.88 bits per heavy atom. The smallest absolute Gasteiger partial charge is 0.266 e. The van der Waals surface area contributed by atoms with Crippen LogP contribution in [0.4, 0.5) is 0 Å². The van der Waals surface area contributed by atoms with Crippen LogP contribution in [0.15, 0.2) is 35.2 Å². The van der Waals surface area contributed by atoms with Gasteiger partial charge in [0.05, 0.1) is 11.5 Å². The highest BCUT2D eigenvalue weighted by molar-refractivity contribution is 7.86. The minimum atomic E-state index is -3.55. The Hall–Kier alpha value is -0.870. The lowest BCUT2D eigenvalue weighted by Crippen LogP contribution is -2.22. The summed E-state index contributed by atoms with van der Waals surface area (Å²) in [5.74, 6) is 1.45. The molecule has 3 nitrogen and oxygen atoms in total. The molecule has 0 bridgehead atoms. The molecule has 4 heteroatoms. The topological polar surface area (TPSA) is 43.4 Å². The third-order valence-electron chi connectivity index (χ3n) is 3.27. The first kappa shape index (κ1) is 12.6. The van der Waals surface area contributed by atoms with Crippen LogP contribution in [0.5, 0.6) is 0 Å². The van der Waals surface area contributed by atoms with Crippen LogP contribution >= 0.6 is 0 Å². The first-order valence-corrected chi connectivity index (χ1v) is 7.43. The van der Waals surface area contributed by atoms with Crippen molar-refractivity contribution >= 4 is 10.1 Å². The summed E-state index contributed by atoms with van der Waals surface area (Å²) in [7, 11) is -3.55. The Bertz CT molecular complexity index is 447. The van der Waals surface area contributed by atoms with Gasteiger partial charge in [-0.2, -0.15) is 8.42 Å². The highest BCUT2D eigenvalue weighted by Gasteiger charge is 2.25. The second kappa shape index (κ2) is 5.19. The van der Waals surface area contributed by atoms with Crippen molar-refractivity contribution in [2.75, 3.05) is 6.61 Å². The molecule has 0 saturated heterocycles. The minimum absolute atomic E-state index is 0.238. The summed E-state index contributed by atoms with van der Waals surface area (Å²) in [6, 6.07) is 8.30. The van der Waals surface area contributed by atoms with Gasteiger partial charge in [-0.3, -0.25) is 4.18 Å². The van der Waals surface area contributed by atoms with Crippen molar-refractivity contribution in [3.8, 4) is 0 Å². The molecule has 1 fully saturated rings. The monoisotopic (exact) mass is 254 g/mol. The standard InChI is InChI=1S/C13H18O3S/c1-11-9-12(10-11)7-8-16-17(14,15)13-5-3-2-4-6-13/h2-6,11-12H,7-10H2,1H3. The lowest BCUT2D eigenvalue weighted by molar-refractivity contribution is 0.168. The van der Waals surface area contributed by atoms with Crippen molar-refractivity contribution in [3.05, 3.63) is 30.3 Å². The van der Waals surface area contributed by atoms with Gasteiger partial charge in [0.1, 0.15) is 0 Å². The predicted molar refractivity (Wildman–Crippen MR) is 66.1 cm³/mol. The SMILES string of the molecule is CC1CC(CCOS(=O)(=O)c2ccccc2)C1. The number of benzene rings is 1. The molecule has 1 aromatic carbocycles. The summed E-state index contributed by atoms with van der Waals surface area (Å²) >= 11 is 0. The fraction of sp³-hybridized carbons (Fsp3) is 0.538. The molecule has 0 heterocycles. The third kappa shape index (κ3) is 3.30. The number of hydrogen-bond donors (Lipinski definition) is 0. The van der Waals surface area contributed by atoms with Gasteiger partial charge in [-0.15, -0.1) is 0 Å². The van der Waals surface area contributed by atoms with Crippen molar-refractivity contribution in [2.45, 2.75) is 31.1 Å². The zero-order chi connectivity index (χ0) is 12.3. The average molecular weight is 254 g/mol. The summed E-state index contributed by atoms with van der Waals surface area (Å²) in [6.45, 7) is 2.52. The predicted octanol–water partition coefficient (Wildman–Crippen LogP) is 2.83. The van der Waals surface area contributed by atoms with E-state index in [0.717, 1.165) is 12.3 Å². The maximum atomic E-state index is 11.8. The molecule has 0 amide bonds. The molecule has 17 heavy (non-hydrogen) atoms. The van der Waals surface area contributed by atoms with Crippen LogP contribution in [-0.2, 0) is 14.3 Å². The van der Waals surface area contributed by atoms with E-state index in [4.69, 9.17) is 4.18 Å². The normalized spacial score (nSPS) is 24.3. The van der Waals surface area contributed by atoms with E-state index in [1.807, 2.05) is 0 Å². The summed E-state index contributed by atoms with van der Waals surface area (Å²) in [6.07, 6.45) is 3.25. The Balaban J connectivity index is 1.82. The molecule has 0 spiro atoms. The van der Waals surface area contributed by atoms with E-state index in [-0.39, 0.29) is 4.90 Å². The zero-order valence-corrected chi connectivity index (χ0v) is 10.8. The fourth-order valence-corrected chi connectivity index (χ4v) is 3.23. The van der Waals surface area contributed by atoms with Crippen LogP contribution < -0.4 is 0 Å². The molecule has 0 aromatic heterocycles. The Kier molecular flexibility index (Phi) is 3.84. The first-order valence-electron chi connectivity index (χ1n) is 6.02. The molecule has 2 rings (SSSR count). The molecule has 1 aliphatic rings. The lowest BCUT2D eigenvalue weighted by Gasteiger charge is -2.32. The Morgan fingerprint density at radius 1 is 1.24 bits per heavy atom. The maximum Gasteiger partial charge on any atom is 0.296 e. The van der Waals surface area contributed by atoms with E-state index in [1.165, 1.54) is 12.8 Å². The molecule has 1 saturated carbocycles. The lowest BCUT2D eigenvalue weighted by atomic mass is 9.75. The van der Waals surface area contributed by atoms with Crippen LogP contribution in [0, 0.1) is 11.8 Å². The fourth-order valence-electron chi connectivity index (χ4n) is 2.28. The Labute approximate surface area is 103 Å². The molecular weight excluding hydrogens is 236 g/mol. The molecule has 0 atom stereocenters. The summed E-state index contributed by atoms with van der Waals surface area (Å²) in [4.78, 5) is 0.238. The number of hydrogen-bond acceptors (Lipinski definition) is 3. The van der Waals surface area contributed by atoms with Gasteiger partial charge in [0.2, 0.25) is 0 Å². The molecule has 1 aliphatic carbocycles. The average Bonchev–Trinajstić information content (AvgIpc) is 2.28. The van der Waals surface area contributed by atoms with E-state index in [1.54, 1.807) is 30.3 Å². The van der Waals surface area contributed by atoms with Gasteiger partial charge in [-0.1, -0.05) is 25.1 Å². The van der Waals surface area contributed by atoms with Crippen molar-refractivity contribution < 1.29 is 12.6 Å². The van der Waals surface area contributed by atoms with Crippen LogP contribution in [-0.4, -0.2) is 15.0 Å². The van der Waals surface area contributed by atoms with Gasteiger partial charge in [0.15, 0.2) is 0 Å². The van der Waals surface area contributed by atoms with Gasteiger partial charge in [-0.05, 0) is 43.2 Å². The van der Waals surface area contributed by atoms with E-state index in [0.29, 0.717) is 12.5 Å². The summed E-state index contributed by atoms with van der Waals surface area (Å²) in [5.41, 5.74) is 0. The molecule has 0 N–H and O–H groups in total. The van der Waals surface area contributed by atoms with Gasteiger partial charge in [0, 0.05) is 0 Å². The van der Waals surface area contributed by atoms with Crippen molar-refractivity contribution in [2.24, 2.45) is 11.8 Å². The van der Waals surface area contributed by atoms with E-state index in [2.05, 4.69) is 6.92 Å². The zero-order valence-electron chi connectivity index (χ0n) is 10.0. The van der Waals surface area contributed by atoms with Crippen LogP contribution in [0.2, 0.25) is 0 Å². The van der Waals surface area contributed by atoms with E-state index in [9.17, 15) is 8.42 Å². The van der Waals surface area contributed by atoms with Gasteiger partial charge >= 0.3 is 0 Å². The van der Waals surface area contributed by atoms with Crippen LogP contribution in [0.25, 0.3) is 0 Å². The van der Waals surface area contributed by atoms with Crippen molar-refractivity contribution in [1.29, 1.82) is 0 Å². The second-order valence-electron chi connectivity index (χ2n) is 4.82. The van der Waals surface area contributed by atoms with Gasteiger partial charge < -0.3 is 0 Å². The number of rotatable bonds is 5. The van der Waals surface area contributed by atoms with Crippen molar-refractivity contribution in [3.63, 3.8) is 0 Å².